The minimum absolute atomic E-state index is 0.167. The minimum Gasteiger partial charge on any atom is -0.252 e. The second kappa shape index (κ2) is 6.65. The Morgan fingerprint density at radius 2 is 1.14 bits per heavy atom. The van der Waals surface area contributed by atoms with Gasteiger partial charge in [-0.25, -0.2) is 0 Å². The average Bonchev–Trinajstić information content (AvgIpc) is 2.71. The molecule has 4 aromatic rings. The fraction of sp³-hybridized carbons (Fsp3) is 0.217. The zero-order valence-electron chi connectivity index (χ0n) is 15.0. The molecule has 0 amide bonds. The third-order valence-corrected chi connectivity index (χ3v) is 8.92. The van der Waals surface area contributed by atoms with Crippen LogP contribution < -0.4 is 0 Å². The Morgan fingerprint density at radius 3 is 1.59 bits per heavy atom. The lowest BCUT2D eigenvalue weighted by molar-refractivity contribution is 0.436. The molecule has 2 aromatic carbocycles. The summed E-state index contributed by atoms with van der Waals surface area (Å²) in [6, 6.07) is 16.3. The van der Waals surface area contributed by atoms with Crippen LogP contribution in [0.1, 0.15) is 50.4 Å². The van der Waals surface area contributed by atoms with Crippen LogP contribution >= 0.6 is 55.1 Å². The number of benzene rings is 2. The number of alkyl halides is 2. The largest absolute Gasteiger partial charge is 0.252 e. The lowest BCUT2D eigenvalue weighted by atomic mass is 9.69. The summed E-state index contributed by atoms with van der Waals surface area (Å²) in [6.45, 7) is 0. The molecule has 2 nitrogen and oxygen atoms in total. The van der Waals surface area contributed by atoms with E-state index >= 15 is 0 Å². The van der Waals surface area contributed by atoms with Crippen molar-refractivity contribution in [2.75, 3.05) is 0 Å². The zero-order valence-corrected chi connectivity index (χ0v) is 19.7. The van der Waals surface area contributed by atoms with E-state index in [1.165, 1.54) is 11.1 Å². The van der Waals surface area contributed by atoms with Crippen LogP contribution in [0.2, 0.25) is 10.0 Å². The summed E-state index contributed by atoms with van der Waals surface area (Å²) in [7, 11) is 0. The Hall–Kier alpha value is -1.20. The van der Waals surface area contributed by atoms with E-state index in [0.29, 0.717) is 11.8 Å². The Kier molecular flexibility index (Phi) is 4.25. The molecular formula is C23H14Br2Cl2N2. The first-order chi connectivity index (χ1) is 14.0. The molecule has 0 unspecified atom stereocenters. The van der Waals surface area contributed by atoms with Crippen LogP contribution in [0.4, 0.5) is 0 Å². The first kappa shape index (κ1) is 18.6. The molecule has 2 heterocycles. The van der Waals surface area contributed by atoms with Gasteiger partial charge < -0.3 is 0 Å². The van der Waals surface area contributed by atoms with Crippen LogP contribution in [0, 0.1) is 0 Å². The molecule has 0 fully saturated rings. The average molecular weight is 549 g/mol. The predicted octanol–water partition coefficient (Wildman–Crippen LogP) is 8.25. The Morgan fingerprint density at radius 1 is 0.690 bits per heavy atom. The van der Waals surface area contributed by atoms with Gasteiger partial charge in [0.25, 0.3) is 0 Å². The topological polar surface area (TPSA) is 25.8 Å². The molecule has 0 N–H and O–H groups in total. The highest BCUT2D eigenvalue weighted by Crippen LogP contribution is 2.60. The number of nitrogens with zero attached hydrogens (tertiary/aromatic N) is 2. The second-order valence-corrected chi connectivity index (χ2v) is 10.7. The van der Waals surface area contributed by atoms with E-state index in [9.17, 15) is 0 Å². The van der Waals surface area contributed by atoms with Gasteiger partial charge in [0.2, 0.25) is 0 Å². The number of fused-ring (bicyclic) bond motifs is 8. The molecule has 2 aromatic heterocycles. The highest BCUT2D eigenvalue weighted by Gasteiger charge is 2.45. The predicted molar refractivity (Wildman–Crippen MR) is 127 cm³/mol. The lowest BCUT2D eigenvalue weighted by Gasteiger charge is -2.42. The summed E-state index contributed by atoms with van der Waals surface area (Å²) in [5.41, 5.74) is 6.79. The first-order valence-electron chi connectivity index (χ1n) is 9.48. The normalized spacial score (nSPS) is 25.1. The molecule has 29 heavy (non-hydrogen) atoms. The van der Waals surface area contributed by atoms with Crippen molar-refractivity contribution in [3.63, 3.8) is 0 Å². The molecule has 0 aliphatic heterocycles. The monoisotopic (exact) mass is 546 g/mol. The summed E-state index contributed by atoms with van der Waals surface area (Å²) >= 11 is 20.4. The first-order valence-corrected chi connectivity index (χ1v) is 12.1. The number of rotatable bonds is 0. The highest BCUT2D eigenvalue weighted by atomic mass is 79.9. The van der Waals surface area contributed by atoms with Crippen LogP contribution in [0.25, 0.3) is 21.8 Å². The molecule has 144 valence electrons. The van der Waals surface area contributed by atoms with Crippen molar-refractivity contribution in [1.82, 2.24) is 9.97 Å². The van der Waals surface area contributed by atoms with E-state index in [4.69, 9.17) is 33.2 Å². The molecule has 4 atom stereocenters. The van der Waals surface area contributed by atoms with Crippen LogP contribution in [-0.2, 0) is 0 Å². The summed E-state index contributed by atoms with van der Waals surface area (Å²) < 4.78 is 0. The minimum atomic E-state index is 0.167. The molecular weight excluding hydrogens is 535 g/mol. The van der Waals surface area contributed by atoms with E-state index in [0.717, 1.165) is 49.7 Å². The van der Waals surface area contributed by atoms with Gasteiger partial charge in [0.1, 0.15) is 0 Å². The van der Waals surface area contributed by atoms with Gasteiger partial charge in [0, 0.05) is 42.3 Å². The van der Waals surface area contributed by atoms with Crippen molar-refractivity contribution >= 4 is 76.9 Å². The van der Waals surface area contributed by atoms with Crippen molar-refractivity contribution in [2.45, 2.75) is 27.9 Å². The molecule has 0 radical (unpaired) electrons. The fourth-order valence-electron chi connectivity index (χ4n) is 4.84. The van der Waals surface area contributed by atoms with E-state index in [2.05, 4.69) is 44.0 Å². The molecule has 6 heteroatoms. The van der Waals surface area contributed by atoms with E-state index in [1.54, 1.807) is 0 Å². The lowest BCUT2D eigenvalue weighted by Crippen LogP contribution is -2.29. The quantitative estimate of drug-likeness (QED) is 0.207. The smallest absolute Gasteiger partial charge is 0.0706 e. The van der Waals surface area contributed by atoms with E-state index < -0.39 is 0 Å². The van der Waals surface area contributed by atoms with Gasteiger partial charge in [0.05, 0.1) is 22.4 Å². The van der Waals surface area contributed by atoms with Crippen molar-refractivity contribution in [3.8, 4) is 0 Å². The van der Waals surface area contributed by atoms with Gasteiger partial charge in [0.15, 0.2) is 0 Å². The van der Waals surface area contributed by atoms with Crippen molar-refractivity contribution in [1.29, 1.82) is 0 Å². The van der Waals surface area contributed by atoms with Gasteiger partial charge in [-0.15, -0.1) is 0 Å². The highest BCUT2D eigenvalue weighted by molar-refractivity contribution is 9.09. The van der Waals surface area contributed by atoms with Crippen LogP contribution in [0.3, 0.4) is 0 Å². The zero-order chi connectivity index (χ0) is 19.9. The van der Waals surface area contributed by atoms with Gasteiger partial charge in [-0.2, -0.15) is 0 Å². The van der Waals surface area contributed by atoms with Crippen LogP contribution in [-0.4, -0.2) is 9.97 Å². The maximum absolute atomic E-state index is 6.22. The third-order valence-electron chi connectivity index (χ3n) is 6.19. The number of aromatic nitrogens is 2. The molecule has 2 aliphatic carbocycles. The Labute approximate surface area is 194 Å². The van der Waals surface area contributed by atoms with Crippen molar-refractivity contribution in [2.24, 2.45) is 0 Å². The maximum atomic E-state index is 6.22. The SMILES string of the molecule is Clc1ccc2nc3c(cc2c1)[C@@H](Br)[C@H]1C[C@@H]3[C@H](Br)c2cc3cc(Cl)ccc3nc21. The molecule has 0 spiro atoms. The maximum Gasteiger partial charge on any atom is 0.0706 e. The molecule has 0 saturated carbocycles. The molecule has 2 bridgehead atoms. The van der Waals surface area contributed by atoms with Crippen LogP contribution in [0.15, 0.2) is 48.5 Å². The number of hydrogen-bond acceptors (Lipinski definition) is 2. The van der Waals surface area contributed by atoms with Gasteiger partial charge >= 0.3 is 0 Å². The van der Waals surface area contributed by atoms with Crippen molar-refractivity contribution < 1.29 is 0 Å². The summed E-state index contributed by atoms with van der Waals surface area (Å²) in [5.74, 6) is 0.602. The Balaban J connectivity index is 1.59. The van der Waals surface area contributed by atoms with E-state index in [1.807, 2.05) is 36.4 Å². The number of hydrogen-bond donors (Lipinski definition) is 0. The number of pyridine rings is 2. The number of halogens is 4. The van der Waals surface area contributed by atoms with Crippen LogP contribution in [0.5, 0.6) is 0 Å². The molecule has 2 aliphatic rings. The van der Waals surface area contributed by atoms with Gasteiger partial charge in [-0.05, 0) is 66.1 Å². The summed E-state index contributed by atoms with van der Waals surface area (Å²) in [5, 5.41) is 3.62. The summed E-state index contributed by atoms with van der Waals surface area (Å²) in [4.78, 5) is 10.5. The van der Waals surface area contributed by atoms with Gasteiger partial charge in [-0.1, -0.05) is 55.1 Å². The molecule has 6 rings (SSSR count). The second-order valence-electron chi connectivity index (χ2n) is 7.85. The third kappa shape index (κ3) is 2.79. The van der Waals surface area contributed by atoms with Crippen molar-refractivity contribution in [3.05, 3.63) is 81.1 Å². The Bertz CT molecular complexity index is 1220. The van der Waals surface area contributed by atoms with E-state index in [-0.39, 0.29) is 9.65 Å². The summed E-state index contributed by atoms with van der Waals surface area (Å²) in [6.07, 6.45) is 1.02. The standard InChI is InChI=1S/C23H14Br2Cl2N2/c24-20-14-7-10-5-12(26)1-3-18(10)28-22(14)16-9-17(20)23-15(21(16)25)8-11-6-13(27)2-4-19(11)29-23/h1-8,16-17,20-21H,9H2/t16-,17-,20-,21-/m1/s1. The molecule has 0 saturated heterocycles. The van der Waals surface area contributed by atoms with Gasteiger partial charge in [-0.3, -0.25) is 9.97 Å². The fourth-order valence-corrected chi connectivity index (χ4v) is 6.87.